The van der Waals surface area contributed by atoms with E-state index in [1.807, 2.05) is 18.2 Å². The normalized spacial score (nSPS) is 27.5. The first-order chi connectivity index (χ1) is 9.28. The predicted octanol–water partition coefficient (Wildman–Crippen LogP) is 2.27. The van der Waals surface area contributed by atoms with Crippen molar-refractivity contribution in [1.29, 1.82) is 0 Å². The van der Waals surface area contributed by atoms with E-state index in [1.54, 1.807) is 7.11 Å². The van der Waals surface area contributed by atoms with E-state index in [4.69, 9.17) is 19.9 Å². The summed E-state index contributed by atoms with van der Waals surface area (Å²) in [5, 5.41) is 0. The zero-order valence-electron chi connectivity index (χ0n) is 11.3. The molecule has 104 valence electrons. The van der Waals surface area contributed by atoms with Crippen molar-refractivity contribution in [2.75, 3.05) is 20.3 Å². The van der Waals surface area contributed by atoms with Crippen molar-refractivity contribution in [2.24, 2.45) is 11.7 Å². The van der Waals surface area contributed by atoms with Gasteiger partial charge in [-0.3, -0.25) is 0 Å². The Morgan fingerprint density at radius 1 is 1.26 bits per heavy atom. The number of fused-ring (bicyclic) bond motifs is 1. The number of methoxy groups -OCH3 is 1. The fourth-order valence-electron chi connectivity index (χ4n) is 3.01. The largest absolute Gasteiger partial charge is 0.497 e. The average Bonchev–Trinajstić information content (AvgIpc) is 2.47. The van der Waals surface area contributed by atoms with E-state index in [9.17, 15) is 0 Å². The highest BCUT2D eigenvalue weighted by Gasteiger charge is 2.32. The summed E-state index contributed by atoms with van der Waals surface area (Å²) >= 11 is 0. The number of benzene rings is 1. The van der Waals surface area contributed by atoms with Crippen LogP contribution in [0.2, 0.25) is 0 Å². The van der Waals surface area contributed by atoms with Gasteiger partial charge in [0.15, 0.2) is 0 Å². The van der Waals surface area contributed by atoms with E-state index in [0.717, 1.165) is 49.5 Å². The molecule has 1 unspecified atom stereocenters. The molecular formula is C15H21NO3. The van der Waals surface area contributed by atoms with Gasteiger partial charge in [0.1, 0.15) is 17.6 Å². The van der Waals surface area contributed by atoms with Crippen LogP contribution in [0.15, 0.2) is 18.2 Å². The van der Waals surface area contributed by atoms with Crippen molar-refractivity contribution in [3.63, 3.8) is 0 Å². The minimum Gasteiger partial charge on any atom is -0.497 e. The maximum Gasteiger partial charge on any atom is 0.128 e. The van der Waals surface area contributed by atoms with Crippen LogP contribution in [0, 0.1) is 5.92 Å². The molecular weight excluding hydrogens is 242 g/mol. The Hall–Kier alpha value is -1.26. The van der Waals surface area contributed by atoms with Crippen LogP contribution in [0.25, 0.3) is 0 Å². The molecule has 0 aromatic heterocycles. The molecule has 0 spiro atoms. The van der Waals surface area contributed by atoms with Gasteiger partial charge in [0.25, 0.3) is 0 Å². The molecule has 0 radical (unpaired) electrons. The first-order valence-electron chi connectivity index (χ1n) is 6.96. The number of rotatable bonds is 2. The summed E-state index contributed by atoms with van der Waals surface area (Å²) in [6.45, 7) is 1.68. The van der Waals surface area contributed by atoms with Crippen LogP contribution < -0.4 is 15.2 Å². The molecule has 0 saturated carbocycles. The van der Waals surface area contributed by atoms with Gasteiger partial charge in [0, 0.05) is 43.2 Å². The summed E-state index contributed by atoms with van der Waals surface area (Å²) in [7, 11) is 1.67. The first kappa shape index (κ1) is 12.8. The van der Waals surface area contributed by atoms with Gasteiger partial charge in [0.05, 0.1) is 7.11 Å². The van der Waals surface area contributed by atoms with Gasteiger partial charge in [-0.1, -0.05) is 6.07 Å². The Balaban J connectivity index is 1.81. The standard InChI is InChI=1S/C15H21NO3/c1-17-11-2-3-12-13(16)9-14(19-15(12)8-11)10-4-6-18-7-5-10/h2-3,8,10,13-14H,4-7,9,16H2,1H3/t13-,14?/m0/s1. The molecule has 1 aromatic rings. The lowest BCUT2D eigenvalue weighted by Crippen LogP contribution is -2.37. The molecule has 2 aliphatic heterocycles. The first-order valence-corrected chi connectivity index (χ1v) is 6.96. The van der Waals surface area contributed by atoms with E-state index in [2.05, 4.69) is 0 Å². The van der Waals surface area contributed by atoms with Gasteiger partial charge < -0.3 is 19.9 Å². The molecule has 19 heavy (non-hydrogen) atoms. The third kappa shape index (κ3) is 2.55. The average molecular weight is 263 g/mol. The molecule has 0 amide bonds. The lowest BCUT2D eigenvalue weighted by Gasteiger charge is -2.36. The second-order valence-corrected chi connectivity index (χ2v) is 5.35. The number of hydrogen-bond donors (Lipinski definition) is 1. The highest BCUT2D eigenvalue weighted by atomic mass is 16.5. The fraction of sp³-hybridized carbons (Fsp3) is 0.600. The van der Waals surface area contributed by atoms with Gasteiger partial charge in [-0.2, -0.15) is 0 Å². The molecule has 0 bridgehead atoms. The van der Waals surface area contributed by atoms with Crippen LogP contribution in [0.4, 0.5) is 0 Å². The van der Waals surface area contributed by atoms with Crippen LogP contribution in [0.5, 0.6) is 11.5 Å². The fourth-order valence-corrected chi connectivity index (χ4v) is 3.01. The highest BCUT2D eigenvalue weighted by Crippen LogP contribution is 2.39. The Morgan fingerprint density at radius 2 is 2.05 bits per heavy atom. The summed E-state index contributed by atoms with van der Waals surface area (Å²) < 4.78 is 16.8. The summed E-state index contributed by atoms with van der Waals surface area (Å²) in [6, 6.07) is 5.96. The van der Waals surface area contributed by atoms with E-state index in [-0.39, 0.29) is 12.1 Å². The van der Waals surface area contributed by atoms with Gasteiger partial charge in [-0.05, 0) is 18.9 Å². The molecule has 2 atom stereocenters. The molecule has 1 aromatic carbocycles. The van der Waals surface area contributed by atoms with Crippen LogP contribution in [-0.4, -0.2) is 26.4 Å². The topological polar surface area (TPSA) is 53.7 Å². The Kier molecular flexibility index (Phi) is 3.62. The predicted molar refractivity (Wildman–Crippen MR) is 72.5 cm³/mol. The second kappa shape index (κ2) is 5.39. The summed E-state index contributed by atoms with van der Waals surface area (Å²) in [6.07, 6.45) is 3.23. The molecule has 2 aliphatic rings. The molecule has 3 rings (SSSR count). The SMILES string of the molecule is COc1ccc2c(c1)OC(C1CCOCC1)C[C@@H]2N. The zero-order chi connectivity index (χ0) is 13.2. The maximum atomic E-state index is 6.28. The molecule has 1 fully saturated rings. The van der Waals surface area contributed by atoms with Crippen molar-refractivity contribution in [1.82, 2.24) is 0 Å². The van der Waals surface area contributed by atoms with Gasteiger partial charge in [0.2, 0.25) is 0 Å². The van der Waals surface area contributed by atoms with Crippen molar-refractivity contribution in [2.45, 2.75) is 31.4 Å². The molecule has 4 heteroatoms. The van der Waals surface area contributed by atoms with Crippen LogP contribution in [0.3, 0.4) is 0 Å². The monoisotopic (exact) mass is 263 g/mol. The summed E-state index contributed by atoms with van der Waals surface area (Å²) in [5.74, 6) is 2.26. The van der Waals surface area contributed by atoms with E-state index >= 15 is 0 Å². The molecule has 2 heterocycles. The Morgan fingerprint density at radius 3 is 2.79 bits per heavy atom. The van der Waals surface area contributed by atoms with Crippen molar-refractivity contribution in [3.8, 4) is 11.5 Å². The third-order valence-electron chi connectivity index (χ3n) is 4.18. The van der Waals surface area contributed by atoms with Gasteiger partial charge >= 0.3 is 0 Å². The van der Waals surface area contributed by atoms with Crippen LogP contribution >= 0.6 is 0 Å². The van der Waals surface area contributed by atoms with E-state index < -0.39 is 0 Å². The van der Waals surface area contributed by atoms with Gasteiger partial charge in [-0.15, -0.1) is 0 Å². The van der Waals surface area contributed by atoms with Gasteiger partial charge in [-0.25, -0.2) is 0 Å². The third-order valence-corrected chi connectivity index (χ3v) is 4.18. The molecule has 1 saturated heterocycles. The number of hydrogen-bond acceptors (Lipinski definition) is 4. The van der Waals surface area contributed by atoms with Crippen molar-refractivity contribution >= 4 is 0 Å². The zero-order valence-corrected chi connectivity index (χ0v) is 11.3. The molecule has 0 aliphatic carbocycles. The van der Waals surface area contributed by atoms with Crippen molar-refractivity contribution in [3.05, 3.63) is 23.8 Å². The van der Waals surface area contributed by atoms with Crippen molar-refractivity contribution < 1.29 is 14.2 Å². The minimum absolute atomic E-state index is 0.0579. The lowest BCUT2D eigenvalue weighted by atomic mass is 9.86. The van der Waals surface area contributed by atoms with E-state index in [0.29, 0.717) is 5.92 Å². The van der Waals surface area contributed by atoms with Crippen LogP contribution in [-0.2, 0) is 4.74 Å². The summed E-state index contributed by atoms with van der Waals surface area (Å²) in [5.41, 5.74) is 7.37. The minimum atomic E-state index is 0.0579. The van der Waals surface area contributed by atoms with Crippen LogP contribution in [0.1, 0.15) is 30.9 Å². The molecule has 2 N–H and O–H groups in total. The lowest BCUT2D eigenvalue weighted by molar-refractivity contribution is 0.00722. The Labute approximate surface area is 113 Å². The smallest absolute Gasteiger partial charge is 0.128 e. The number of ether oxygens (including phenoxy) is 3. The quantitative estimate of drug-likeness (QED) is 0.889. The van der Waals surface area contributed by atoms with E-state index in [1.165, 1.54) is 0 Å². The number of nitrogens with two attached hydrogens (primary N) is 1. The second-order valence-electron chi connectivity index (χ2n) is 5.35. The maximum absolute atomic E-state index is 6.28. The highest BCUT2D eigenvalue weighted by molar-refractivity contribution is 5.43. The molecule has 4 nitrogen and oxygen atoms in total. The Bertz CT molecular complexity index is 443. The summed E-state index contributed by atoms with van der Waals surface area (Å²) in [4.78, 5) is 0.